The van der Waals surface area contributed by atoms with E-state index in [9.17, 15) is 5.11 Å². The maximum absolute atomic E-state index is 9.77. The molecule has 0 bridgehead atoms. The fraction of sp³-hybridized carbons (Fsp3) is 0.643. The quantitative estimate of drug-likeness (QED) is 0.892. The van der Waals surface area contributed by atoms with Crippen LogP contribution in [0.25, 0.3) is 0 Å². The van der Waals surface area contributed by atoms with Crippen LogP contribution in [0, 0.1) is 11.3 Å². The smallest absolute Gasteiger partial charge is 0.139 e. The van der Waals surface area contributed by atoms with Crippen LogP contribution in [-0.2, 0) is 11.3 Å². The number of aromatic nitrogens is 1. The Hall–Kier alpha value is -0.650. The SMILES string of the molecule is Oc1cc(Br)cnc1CNCC1CC12CCOCC2. The number of ether oxygens (including phenoxy) is 1. The lowest BCUT2D eigenvalue weighted by Crippen LogP contribution is -2.24. The van der Waals surface area contributed by atoms with E-state index in [0.29, 0.717) is 17.7 Å². The average Bonchev–Trinajstić information content (AvgIpc) is 3.05. The Morgan fingerprint density at radius 1 is 1.47 bits per heavy atom. The van der Waals surface area contributed by atoms with Crippen LogP contribution in [0.15, 0.2) is 16.7 Å². The van der Waals surface area contributed by atoms with Gasteiger partial charge in [0.25, 0.3) is 0 Å². The average molecular weight is 327 g/mol. The van der Waals surface area contributed by atoms with E-state index in [4.69, 9.17) is 4.74 Å². The maximum atomic E-state index is 9.77. The lowest BCUT2D eigenvalue weighted by atomic mass is 9.94. The van der Waals surface area contributed by atoms with Crippen LogP contribution in [0.1, 0.15) is 25.0 Å². The first-order chi connectivity index (χ1) is 9.20. The molecular formula is C14H19BrN2O2. The predicted octanol–water partition coefficient (Wildman–Crippen LogP) is 2.46. The number of halogens is 1. The first kappa shape index (κ1) is 13.3. The molecule has 0 amide bonds. The van der Waals surface area contributed by atoms with E-state index in [-0.39, 0.29) is 5.75 Å². The minimum atomic E-state index is 0.249. The fourth-order valence-corrected chi connectivity index (χ4v) is 3.39. The summed E-state index contributed by atoms with van der Waals surface area (Å²) < 4.78 is 6.23. The second-order valence-electron chi connectivity index (χ2n) is 5.63. The molecule has 2 heterocycles. The van der Waals surface area contributed by atoms with Crippen molar-refractivity contribution < 1.29 is 9.84 Å². The second kappa shape index (κ2) is 5.38. The molecule has 5 heteroatoms. The van der Waals surface area contributed by atoms with Crippen molar-refractivity contribution in [1.29, 1.82) is 0 Å². The van der Waals surface area contributed by atoms with Crippen molar-refractivity contribution in [3.8, 4) is 5.75 Å². The normalized spacial score (nSPS) is 24.6. The highest BCUT2D eigenvalue weighted by Gasteiger charge is 2.53. The van der Waals surface area contributed by atoms with Crippen LogP contribution in [0.5, 0.6) is 5.75 Å². The highest BCUT2D eigenvalue weighted by atomic mass is 79.9. The van der Waals surface area contributed by atoms with Gasteiger partial charge in [0.2, 0.25) is 0 Å². The van der Waals surface area contributed by atoms with Crippen molar-refractivity contribution in [1.82, 2.24) is 10.3 Å². The van der Waals surface area contributed by atoms with E-state index in [2.05, 4.69) is 26.2 Å². The number of hydrogen-bond acceptors (Lipinski definition) is 4. The van der Waals surface area contributed by atoms with Crippen molar-refractivity contribution in [2.45, 2.75) is 25.8 Å². The molecule has 0 aromatic carbocycles. The highest BCUT2D eigenvalue weighted by molar-refractivity contribution is 9.10. The van der Waals surface area contributed by atoms with E-state index in [1.54, 1.807) is 12.3 Å². The van der Waals surface area contributed by atoms with Crippen LogP contribution in [0.2, 0.25) is 0 Å². The lowest BCUT2D eigenvalue weighted by molar-refractivity contribution is 0.0520. The molecule has 2 fully saturated rings. The number of nitrogens with one attached hydrogen (secondary N) is 1. The molecule has 2 N–H and O–H groups in total. The minimum absolute atomic E-state index is 0.249. The zero-order valence-corrected chi connectivity index (χ0v) is 12.4. The molecule has 0 radical (unpaired) electrons. The Balaban J connectivity index is 1.46. The van der Waals surface area contributed by atoms with E-state index in [1.807, 2.05) is 0 Å². The minimum Gasteiger partial charge on any atom is -0.506 e. The largest absolute Gasteiger partial charge is 0.506 e. The number of nitrogens with zero attached hydrogens (tertiary/aromatic N) is 1. The zero-order chi connectivity index (χ0) is 13.3. The van der Waals surface area contributed by atoms with Crippen molar-refractivity contribution >= 4 is 15.9 Å². The summed E-state index contributed by atoms with van der Waals surface area (Å²) in [6.07, 6.45) is 5.46. The molecule has 1 saturated carbocycles. The van der Waals surface area contributed by atoms with Crippen molar-refractivity contribution in [2.24, 2.45) is 11.3 Å². The van der Waals surface area contributed by atoms with Crippen LogP contribution < -0.4 is 5.32 Å². The lowest BCUT2D eigenvalue weighted by Gasteiger charge is -2.23. The van der Waals surface area contributed by atoms with E-state index >= 15 is 0 Å². The van der Waals surface area contributed by atoms with Gasteiger partial charge in [-0.25, -0.2) is 0 Å². The third-order valence-corrected chi connectivity index (χ3v) is 4.88. The second-order valence-corrected chi connectivity index (χ2v) is 6.54. The van der Waals surface area contributed by atoms with Gasteiger partial charge >= 0.3 is 0 Å². The molecule has 1 aliphatic heterocycles. The Labute approximate surface area is 121 Å². The summed E-state index contributed by atoms with van der Waals surface area (Å²) in [5, 5.41) is 13.2. The predicted molar refractivity (Wildman–Crippen MR) is 75.9 cm³/mol. The molecule has 1 spiro atoms. The van der Waals surface area contributed by atoms with Gasteiger partial charge in [0, 0.05) is 30.4 Å². The standard InChI is InChI=1S/C14H19BrN2O2/c15-11-5-13(18)12(17-8-11)9-16-7-10-6-14(10)1-3-19-4-2-14/h5,8,10,16,18H,1-4,6-7,9H2. The summed E-state index contributed by atoms with van der Waals surface area (Å²) in [5.41, 5.74) is 1.27. The van der Waals surface area contributed by atoms with Gasteiger partial charge in [-0.3, -0.25) is 4.98 Å². The Kier molecular flexibility index (Phi) is 3.78. The molecule has 4 nitrogen and oxygen atoms in total. The van der Waals surface area contributed by atoms with Crippen LogP contribution >= 0.6 is 15.9 Å². The molecule has 2 aliphatic rings. The molecule has 1 aromatic rings. The summed E-state index contributed by atoms with van der Waals surface area (Å²) in [4.78, 5) is 4.22. The summed E-state index contributed by atoms with van der Waals surface area (Å²) >= 11 is 3.29. The maximum Gasteiger partial charge on any atom is 0.139 e. The van der Waals surface area contributed by atoms with Crippen LogP contribution in [-0.4, -0.2) is 29.8 Å². The molecule has 1 aromatic heterocycles. The summed E-state index contributed by atoms with van der Waals surface area (Å²) in [6.45, 7) is 3.48. The molecule has 19 heavy (non-hydrogen) atoms. The van der Waals surface area contributed by atoms with Gasteiger partial charge in [-0.15, -0.1) is 0 Å². The van der Waals surface area contributed by atoms with Crippen molar-refractivity contribution in [3.63, 3.8) is 0 Å². The monoisotopic (exact) mass is 326 g/mol. The van der Waals surface area contributed by atoms with Gasteiger partial charge in [0.05, 0.1) is 5.69 Å². The van der Waals surface area contributed by atoms with E-state index in [0.717, 1.165) is 30.1 Å². The van der Waals surface area contributed by atoms with Crippen LogP contribution in [0.4, 0.5) is 0 Å². The third-order valence-electron chi connectivity index (χ3n) is 4.44. The fourth-order valence-electron chi connectivity index (χ4n) is 3.07. The van der Waals surface area contributed by atoms with Gasteiger partial charge in [0.1, 0.15) is 5.75 Å². The first-order valence-corrected chi connectivity index (χ1v) is 7.61. The van der Waals surface area contributed by atoms with Crippen LogP contribution in [0.3, 0.4) is 0 Å². The molecule has 3 rings (SSSR count). The van der Waals surface area contributed by atoms with Crippen molar-refractivity contribution in [3.05, 3.63) is 22.4 Å². The molecule has 1 unspecified atom stereocenters. The Morgan fingerprint density at radius 3 is 3.00 bits per heavy atom. The third kappa shape index (κ3) is 2.93. The zero-order valence-electron chi connectivity index (χ0n) is 10.9. The van der Waals surface area contributed by atoms with E-state index < -0.39 is 0 Å². The van der Waals surface area contributed by atoms with Crippen molar-refractivity contribution in [2.75, 3.05) is 19.8 Å². The molecule has 104 valence electrons. The molecule has 1 aliphatic carbocycles. The molecule has 1 atom stereocenters. The van der Waals surface area contributed by atoms with E-state index in [1.165, 1.54) is 19.3 Å². The van der Waals surface area contributed by atoms with Gasteiger partial charge in [-0.2, -0.15) is 0 Å². The molecular weight excluding hydrogens is 308 g/mol. The molecule has 1 saturated heterocycles. The number of rotatable bonds is 4. The summed E-state index contributed by atoms with van der Waals surface area (Å²) in [7, 11) is 0. The number of pyridine rings is 1. The van der Waals surface area contributed by atoms with Gasteiger partial charge in [-0.1, -0.05) is 0 Å². The van der Waals surface area contributed by atoms with Gasteiger partial charge < -0.3 is 15.2 Å². The number of aromatic hydroxyl groups is 1. The summed E-state index contributed by atoms with van der Waals surface area (Å²) in [5.74, 6) is 1.02. The Morgan fingerprint density at radius 2 is 2.26 bits per heavy atom. The topological polar surface area (TPSA) is 54.4 Å². The highest BCUT2D eigenvalue weighted by Crippen LogP contribution is 2.58. The van der Waals surface area contributed by atoms with Gasteiger partial charge in [0.15, 0.2) is 0 Å². The first-order valence-electron chi connectivity index (χ1n) is 6.81. The van der Waals surface area contributed by atoms with Gasteiger partial charge in [-0.05, 0) is 59.1 Å². The summed E-state index contributed by atoms with van der Waals surface area (Å²) in [6, 6.07) is 1.68. The number of hydrogen-bond donors (Lipinski definition) is 2. The Bertz CT molecular complexity index is 461.